The number of unbranched alkanes of at least 4 members (excludes halogenated alkanes) is 2. The van der Waals surface area contributed by atoms with Gasteiger partial charge in [-0.3, -0.25) is 9.59 Å². The predicted molar refractivity (Wildman–Crippen MR) is 96.1 cm³/mol. The molecule has 0 radical (unpaired) electrons. The van der Waals surface area contributed by atoms with E-state index in [2.05, 4.69) is 22.7 Å². The molecule has 0 bridgehead atoms. The van der Waals surface area contributed by atoms with Crippen LogP contribution in [0.5, 0.6) is 0 Å². The van der Waals surface area contributed by atoms with E-state index in [0.717, 1.165) is 31.2 Å². The molecule has 0 fully saturated rings. The number of carbonyl (C=O) groups is 2. The van der Waals surface area contributed by atoms with Crippen LogP contribution < -0.4 is 10.6 Å². The SMILES string of the molecule is CCCCC[C@H](NC(=O)C(=O)Nc1c(C)noc1C)c1ccccc1. The number of aryl methyl sites for hydroxylation is 2. The number of aromatic nitrogens is 1. The van der Waals surface area contributed by atoms with Crippen LogP contribution in [0.2, 0.25) is 0 Å². The zero-order valence-electron chi connectivity index (χ0n) is 15.0. The zero-order valence-corrected chi connectivity index (χ0v) is 15.0. The highest BCUT2D eigenvalue weighted by atomic mass is 16.5. The van der Waals surface area contributed by atoms with Gasteiger partial charge in [0.05, 0.1) is 6.04 Å². The first kappa shape index (κ1) is 18.7. The maximum absolute atomic E-state index is 12.3. The minimum absolute atomic E-state index is 0.185. The van der Waals surface area contributed by atoms with Crippen molar-refractivity contribution in [2.45, 2.75) is 52.5 Å². The van der Waals surface area contributed by atoms with Crippen molar-refractivity contribution < 1.29 is 14.1 Å². The van der Waals surface area contributed by atoms with Gasteiger partial charge in [0, 0.05) is 0 Å². The monoisotopic (exact) mass is 343 g/mol. The summed E-state index contributed by atoms with van der Waals surface area (Å²) in [5.74, 6) is -0.905. The van der Waals surface area contributed by atoms with Crippen LogP contribution in [0.25, 0.3) is 0 Å². The summed E-state index contributed by atoms with van der Waals surface area (Å²) in [7, 11) is 0. The maximum atomic E-state index is 12.3. The van der Waals surface area contributed by atoms with E-state index in [0.29, 0.717) is 17.1 Å². The Morgan fingerprint density at radius 3 is 2.44 bits per heavy atom. The highest BCUT2D eigenvalue weighted by molar-refractivity contribution is 6.39. The van der Waals surface area contributed by atoms with E-state index >= 15 is 0 Å². The van der Waals surface area contributed by atoms with E-state index in [1.54, 1.807) is 13.8 Å². The number of nitrogens with one attached hydrogen (secondary N) is 2. The van der Waals surface area contributed by atoms with Crippen molar-refractivity contribution >= 4 is 17.5 Å². The number of hydrogen-bond donors (Lipinski definition) is 2. The van der Waals surface area contributed by atoms with Crippen molar-refractivity contribution in [3.8, 4) is 0 Å². The van der Waals surface area contributed by atoms with Crippen LogP contribution in [0.15, 0.2) is 34.9 Å². The lowest BCUT2D eigenvalue weighted by Gasteiger charge is -2.19. The molecule has 0 aliphatic carbocycles. The summed E-state index contributed by atoms with van der Waals surface area (Å²) >= 11 is 0. The van der Waals surface area contributed by atoms with Crippen LogP contribution >= 0.6 is 0 Å². The van der Waals surface area contributed by atoms with Gasteiger partial charge in [0.2, 0.25) is 0 Å². The highest BCUT2D eigenvalue weighted by Gasteiger charge is 2.22. The van der Waals surface area contributed by atoms with Gasteiger partial charge in [0.25, 0.3) is 0 Å². The lowest BCUT2D eigenvalue weighted by molar-refractivity contribution is -0.136. The lowest BCUT2D eigenvalue weighted by atomic mass is 10.0. The summed E-state index contributed by atoms with van der Waals surface area (Å²) in [5.41, 5.74) is 1.99. The van der Waals surface area contributed by atoms with Crippen LogP contribution in [0.4, 0.5) is 5.69 Å². The normalized spacial score (nSPS) is 11.8. The Morgan fingerprint density at radius 1 is 1.12 bits per heavy atom. The van der Waals surface area contributed by atoms with Gasteiger partial charge in [-0.15, -0.1) is 0 Å². The lowest BCUT2D eigenvalue weighted by Crippen LogP contribution is -2.38. The summed E-state index contributed by atoms with van der Waals surface area (Å²) < 4.78 is 5.00. The Morgan fingerprint density at radius 2 is 1.84 bits per heavy atom. The van der Waals surface area contributed by atoms with Crippen LogP contribution in [0, 0.1) is 13.8 Å². The van der Waals surface area contributed by atoms with E-state index in [9.17, 15) is 9.59 Å². The van der Waals surface area contributed by atoms with Crippen molar-refractivity contribution in [3.63, 3.8) is 0 Å². The molecule has 1 aromatic heterocycles. The molecule has 1 aromatic carbocycles. The minimum atomic E-state index is -0.717. The standard InChI is InChI=1S/C19H25N3O3/c1-4-5-7-12-16(15-10-8-6-9-11-15)20-18(23)19(24)21-17-13(2)22-25-14(17)3/h6,8-11,16H,4-5,7,12H2,1-3H3,(H,20,23)(H,21,24)/t16-/m0/s1. The van der Waals surface area contributed by atoms with Gasteiger partial charge in [0.1, 0.15) is 11.4 Å². The van der Waals surface area contributed by atoms with E-state index in [1.807, 2.05) is 30.3 Å². The average Bonchev–Trinajstić information content (AvgIpc) is 2.93. The van der Waals surface area contributed by atoms with Gasteiger partial charge < -0.3 is 15.2 Å². The van der Waals surface area contributed by atoms with Crippen molar-refractivity contribution in [3.05, 3.63) is 47.3 Å². The first-order chi connectivity index (χ1) is 12.0. The molecule has 1 heterocycles. The molecule has 6 heteroatoms. The molecule has 2 amide bonds. The van der Waals surface area contributed by atoms with E-state index in [-0.39, 0.29) is 6.04 Å². The van der Waals surface area contributed by atoms with Gasteiger partial charge in [-0.25, -0.2) is 0 Å². The van der Waals surface area contributed by atoms with Gasteiger partial charge in [-0.2, -0.15) is 0 Å². The molecule has 2 N–H and O–H groups in total. The van der Waals surface area contributed by atoms with Gasteiger partial charge in [0.15, 0.2) is 5.76 Å². The van der Waals surface area contributed by atoms with Crippen LogP contribution in [-0.4, -0.2) is 17.0 Å². The van der Waals surface area contributed by atoms with E-state index in [4.69, 9.17) is 4.52 Å². The second kappa shape index (κ2) is 9.01. The topological polar surface area (TPSA) is 84.2 Å². The van der Waals surface area contributed by atoms with E-state index < -0.39 is 11.8 Å². The first-order valence-corrected chi connectivity index (χ1v) is 8.62. The first-order valence-electron chi connectivity index (χ1n) is 8.62. The molecule has 2 aromatic rings. The molecular formula is C19H25N3O3. The molecule has 0 aliphatic rings. The second-order valence-electron chi connectivity index (χ2n) is 6.09. The summed E-state index contributed by atoms with van der Waals surface area (Å²) in [6, 6.07) is 9.53. The fraction of sp³-hybridized carbons (Fsp3) is 0.421. The second-order valence-corrected chi connectivity index (χ2v) is 6.09. The minimum Gasteiger partial charge on any atom is -0.359 e. The molecule has 0 saturated heterocycles. The van der Waals surface area contributed by atoms with Crippen LogP contribution in [0.3, 0.4) is 0 Å². The maximum Gasteiger partial charge on any atom is 0.313 e. The number of hydrogen-bond acceptors (Lipinski definition) is 4. The molecule has 1 atom stereocenters. The summed E-state index contributed by atoms with van der Waals surface area (Å²) in [6.45, 7) is 5.53. The van der Waals surface area contributed by atoms with Crippen molar-refractivity contribution in [1.82, 2.24) is 10.5 Å². The molecule has 0 unspecified atom stereocenters. The Balaban J connectivity index is 2.04. The van der Waals surface area contributed by atoms with Crippen molar-refractivity contribution in [1.29, 1.82) is 0 Å². The third-order valence-corrected chi connectivity index (χ3v) is 4.08. The third-order valence-electron chi connectivity index (χ3n) is 4.08. The molecule has 6 nitrogen and oxygen atoms in total. The number of amides is 2. The Bertz CT molecular complexity index is 690. The molecule has 2 rings (SSSR count). The van der Waals surface area contributed by atoms with Crippen LogP contribution in [-0.2, 0) is 9.59 Å². The Hall–Kier alpha value is -2.63. The van der Waals surface area contributed by atoms with Gasteiger partial charge >= 0.3 is 11.8 Å². The Kier molecular flexibility index (Phi) is 6.74. The average molecular weight is 343 g/mol. The number of carbonyl (C=O) groups excluding carboxylic acids is 2. The van der Waals surface area contributed by atoms with Crippen molar-refractivity contribution in [2.75, 3.05) is 5.32 Å². The molecule has 0 saturated carbocycles. The van der Waals surface area contributed by atoms with Crippen LogP contribution in [0.1, 0.15) is 55.7 Å². The smallest absolute Gasteiger partial charge is 0.313 e. The Labute approximate surface area is 148 Å². The van der Waals surface area contributed by atoms with Gasteiger partial charge in [-0.1, -0.05) is 61.7 Å². The van der Waals surface area contributed by atoms with E-state index in [1.165, 1.54) is 0 Å². The third kappa shape index (κ3) is 5.17. The number of rotatable bonds is 7. The number of benzene rings is 1. The molecular weight excluding hydrogens is 318 g/mol. The summed E-state index contributed by atoms with van der Waals surface area (Å²) in [5, 5.41) is 9.18. The number of anilines is 1. The largest absolute Gasteiger partial charge is 0.359 e. The summed E-state index contributed by atoms with van der Waals surface area (Å²) in [6.07, 6.45) is 3.97. The van der Waals surface area contributed by atoms with Crippen molar-refractivity contribution in [2.24, 2.45) is 0 Å². The predicted octanol–water partition coefficient (Wildman–Crippen LogP) is 3.67. The molecule has 134 valence electrons. The van der Waals surface area contributed by atoms with Gasteiger partial charge in [-0.05, 0) is 25.8 Å². The quantitative estimate of drug-likeness (QED) is 0.593. The molecule has 25 heavy (non-hydrogen) atoms. The summed E-state index contributed by atoms with van der Waals surface area (Å²) in [4.78, 5) is 24.6. The fourth-order valence-corrected chi connectivity index (χ4v) is 2.66. The zero-order chi connectivity index (χ0) is 18.2. The number of nitrogens with zero attached hydrogens (tertiary/aromatic N) is 1. The fourth-order valence-electron chi connectivity index (χ4n) is 2.66. The molecule has 0 spiro atoms. The molecule has 0 aliphatic heterocycles. The highest BCUT2D eigenvalue weighted by Crippen LogP contribution is 2.21.